The molecule has 0 atom stereocenters. The van der Waals surface area contributed by atoms with Crippen LogP contribution in [0.3, 0.4) is 0 Å². The quantitative estimate of drug-likeness (QED) is 0.320. The second kappa shape index (κ2) is 9.15. The second-order valence-electron chi connectivity index (χ2n) is 8.04. The van der Waals surface area contributed by atoms with Gasteiger partial charge >= 0.3 is 0 Å². The summed E-state index contributed by atoms with van der Waals surface area (Å²) in [4.78, 5) is 24.6. The van der Waals surface area contributed by atoms with E-state index in [0.717, 1.165) is 16.8 Å². The van der Waals surface area contributed by atoms with Crippen molar-refractivity contribution in [2.75, 3.05) is 17.7 Å². The first kappa shape index (κ1) is 21.9. The lowest BCUT2D eigenvalue weighted by Gasteiger charge is -2.18. The molecule has 34 heavy (non-hydrogen) atoms. The van der Waals surface area contributed by atoms with Gasteiger partial charge in [-0.1, -0.05) is 48.2 Å². The van der Waals surface area contributed by atoms with E-state index in [1.54, 1.807) is 18.2 Å². The van der Waals surface area contributed by atoms with Crippen molar-refractivity contribution in [3.8, 4) is 22.8 Å². The highest BCUT2D eigenvalue weighted by Gasteiger charge is 2.20. The molecule has 1 aliphatic rings. The van der Waals surface area contributed by atoms with Crippen LogP contribution in [0.2, 0.25) is 0 Å². The molecule has 0 spiro atoms. The fourth-order valence-electron chi connectivity index (χ4n) is 3.71. The van der Waals surface area contributed by atoms with E-state index in [0.29, 0.717) is 28.0 Å². The predicted octanol–water partition coefficient (Wildman–Crippen LogP) is 4.86. The van der Waals surface area contributed by atoms with E-state index in [1.807, 2.05) is 41.0 Å². The molecule has 0 saturated carbocycles. The fourth-order valence-corrected chi connectivity index (χ4v) is 4.55. The van der Waals surface area contributed by atoms with E-state index in [4.69, 9.17) is 4.74 Å². The average Bonchev–Trinajstić information content (AvgIpc) is 3.28. The van der Waals surface area contributed by atoms with Gasteiger partial charge in [-0.25, -0.2) is 0 Å². The summed E-state index contributed by atoms with van der Waals surface area (Å²) >= 11 is 1.33. The summed E-state index contributed by atoms with van der Waals surface area (Å²) in [5.41, 5.74) is 5.25. The van der Waals surface area contributed by atoms with Crippen molar-refractivity contribution in [1.29, 1.82) is 0 Å². The molecule has 1 N–H and O–H groups in total. The number of fused-ring (bicyclic) bond motifs is 1. The Labute approximate surface area is 201 Å². The largest absolute Gasteiger partial charge is 0.482 e. The molecule has 7 nitrogen and oxygen atoms in total. The number of benzene rings is 3. The van der Waals surface area contributed by atoms with E-state index in [9.17, 15) is 9.59 Å². The minimum atomic E-state index is -0.235. The number of ether oxygens (including phenoxy) is 1. The highest BCUT2D eigenvalue weighted by molar-refractivity contribution is 7.99. The van der Waals surface area contributed by atoms with Crippen molar-refractivity contribution < 1.29 is 14.3 Å². The smallest absolute Gasteiger partial charge is 0.262 e. The third-order valence-corrected chi connectivity index (χ3v) is 6.61. The molecule has 1 amide bonds. The van der Waals surface area contributed by atoms with E-state index in [-0.39, 0.29) is 24.1 Å². The van der Waals surface area contributed by atoms with E-state index in [1.165, 1.54) is 17.3 Å². The Morgan fingerprint density at radius 2 is 1.85 bits per heavy atom. The Morgan fingerprint density at radius 3 is 2.65 bits per heavy atom. The molecule has 0 bridgehead atoms. The first-order chi connectivity index (χ1) is 16.5. The molecule has 5 rings (SSSR count). The number of rotatable bonds is 6. The van der Waals surface area contributed by atoms with Crippen molar-refractivity contribution in [3.05, 3.63) is 83.4 Å². The standard InChI is InChI=1S/C26H22N4O3S/c1-16-8-10-20(12-17(16)2)30-25(18-6-4-3-5-7-18)28-29-26(30)34-15-22(31)19-9-11-23-21(13-19)27-24(32)14-33-23/h3-13H,14-15H2,1-2H3,(H,27,32). The van der Waals surface area contributed by atoms with Gasteiger partial charge in [-0.05, 0) is 55.3 Å². The fraction of sp³-hybridized carbons (Fsp3) is 0.154. The van der Waals surface area contributed by atoms with Crippen LogP contribution < -0.4 is 10.1 Å². The third kappa shape index (κ3) is 4.32. The Hall–Kier alpha value is -3.91. The van der Waals surface area contributed by atoms with Gasteiger partial charge in [-0.15, -0.1) is 10.2 Å². The monoisotopic (exact) mass is 470 g/mol. The first-order valence-corrected chi connectivity index (χ1v) is 11.8. The number of hydrogen-bond acceptors (Lipinski definition) is 6. The highest BCUT2D eigenvalue weighted by atomic mass is 32.2. The molecule has 2 heterocycles. The molecule has 1 aliphatic heterocycles. The van der Waals surface area contributed by atoms with Crippen molar-refractivity contribution in [2.24, 2.45) is 0 Å². The average molecular weight is 471 g/mol. The molecular weight excluding hydrogens is 448 g/mol. The summed E-state index contributed by atoms with van der Waals surface area (Å²) in [6.07, 6.45) is 0. The number of Topliss-reactive ketones (excluding diaryl/α,β-unsaturated/α-hetero) is 1. The van der Waals surface area contributed by atoms with Crippen molar-refractivity contribution in [3.63, 3.8) is 0 Å². The summed E-state index contributed by atoms with van der Waals surface area (Å²) in [7, 11) is 0. The number of amides is 1. The number of nitrogens with zero attached hydrogens (tertiary/aromatic N) is 3. The van der Waals surface area contributed by atoms with Gasteiger partial charge in [0.05, 0.1) is 17.1 Å². The van der Waals surface area contributed by atoms with Crippen LogP contribution in [-0.4, -0.2) is 38.8 Å². The Morgan fingerprint density at radius 1 is 1.03 bits per heavy atom. The van der Waals surface area contributed by atoms with Crippen LogP contribution in [-0.2, 0) is 4.79 Å². The van der Waals surface area contributed by atoms with Gasteiger partial charge in [-0.3, -0.25) is 14.2 Å². The lowest BCUT2D eigenvalue weighted by Crippen LogP contribution is -2.25. The van der Waals surface area contributed by atoms with Crippen molar-refractivity contribution in [1.82, 2.24) is 14.8 Å². The summed E-state index contributed by atoms with van der Waals surface area (Å²) in [5, 5.41) is 12.2. The summed E-state index contributed by atoms with van der Waals surface area (Å²) in [6.45, 7) is 4.12. The topological polar surface area (TPSA) is 86.1 Å². The zero-order valence-electron chi connectivity index (χ0n) is 18.7. The number of carbonyl (C=O) groups excluding carboxylic acids is 2. The molecule has 0 aliphatic carbocycles. The third-order valence-electron chi connectivity index (χ3n) is 5.68. The van der Waals surface area contributed by atoms with Crippen LogP contribution in [0.25, 0.3) is 17.1 Å². The van der Waals surface area contributed by atoms with Gasteiger partial charge < -0.3 is 10.1 Å². The zero-order valence-corrected chi connectivity index (χ0v) is 19.6. The van der Waals surface area contributed by atoms with Gasteiger partial charge in [0, 0.05) is 11.1 Å². The lowest BCUT2D eigenvalue weighted by molar-refractivity contribution is -0.118. The summed E-state index contributed by atoms with van der Waals surface area (Å²) in [6, 6.07) is 21.1. The van der Waals surface area contributed by atoms with Crippen LogP contribution >= 0.6 is 11.8 Å². The molecule has 0 unspecified atom stereocenters. The normalized spacial score (nSPS) is 12.6. The molecule has 8 heteroatoms. The van der Waals surface area contributed by atoms with Gasteiger partial charge in [0.15, 0.2) is 23.4 Å². The number of carbonyl (C=O) groups is 2. The van der Waals surface area contributed by atoms with Crippen LogP contribution in [0, 0.1) is 13.8 Å². The molecular formula is C26H22N4O3S. The molecule has 1 aromatic heterocycles. The number of aromatic nitrogens is 3. The maximum Gasteiger partial charge on any atom is 0.262 e. The number of anilines is 1. The Kier molecular flexibility index (Phi) is 5.90. The number of nitrogens with one attached hydrogen (secondary N) is 1. The second-order valence-corrected chi connectivity index (χ2v) is 8.98. The van der Waals surface area contributed by atoms with Gasteiger partial charge in [0.2, 0.25) is 0 Å². The molecule has 4 aromatic rings. The maximum atomic E-state index is 13.0. The van der Waals surface area contributed by atoms with Crippen molar-refractivity contribution >= 4 is 29.1 Å². The molecule has 0 fully saturated rings. The number of thioether (sulfide) groups is 1. The van der Waals surface area contributed by atoms with Crippen LogP contribution in [0.4, 0.5) is 5.69 Å². The molecule has 0 saturated heterocycles. The Balaban J connectivity index is 1.44. The van der Waals surface area contributed by atoms with Gasteiger partial charge in [0.25, 0.3) is 5.91 Å². The maximum absolute atomic E-state index is 13.0. The number of ketones is 1. The van der Waals surface area contributed by atoms with E-state index in [2.05, 4.69) is 41.5 Å². The molecule has 3 aromatic carbocycles. The SMILES string of the molecule is Cc1ccc(-n2c(SCC(=O)c3ccc4c(c3)NC(=O)CO4)nnc2-c2ccccc2)cc1C. The highest BCUT2D eigenvalue weighted by Crippen LogP contribution is 2.31. The van der Waals surface area contributed by atoms with Crippen LogP contribution in [0.5, 0.6) is 5.75 Å². The predicted molar refractivity (Wildman–Crippen MR) is 132 cm³/mol. The summed E-state index contributed by atoms with van der Waals surface area (Å²) < 4.78 is 7.36. The summed E-state index contributed by atoms with van der Waals surface area (Å²) in [5.74, 6) is 1.13. The van der Waals surface area contributed by atoms with Crippen LogP contribution in [0.15, 0.2) is 71.9 Å². The van der Waals surface area contributed by atoms with Crippen LogP contribution in [0.1, 0.15) is 21.5 Å². The minimum absolute atomic E-state index is 0.0198. The zero-order chi connectivity index (χ0) is 23.7. The Bertz CT molecular complexity index is 1400. The van der Waals surface area contributed by atoms with Gasteiger partial charge in [-0.2, -0.15) is 0 Å². The lowest BCUT2D eigenvalue weighted by atomic mass is 10.1. The van der Waals surface area contributed by atoms with E-state index >= 15 is 0 Å². The number of hydrogen-bond donors (Lipinski definition) is 1. The molecule has 170 valence electrons. The minimum Gasteiger partial charge on any atom is -0.482 e. The number of aryl methyl sites for hydroxylation is 2. The van der Waals surface area contributed by atoms with Crippen molar-refractivity contribution in [2.45, 2.75) is 19.0 Å². The van der Waals surface area contributed by atoms with E-state index < -0.39 is 0 Å². The first-order valence-electron chi connectivity index (χ1n) is 10.8. The molecule has 0 radical (unpaired) electrons. The van der Waals surface area contributed by atoms with Gasteiger partial charge in [0.1, 0.15) is 5.75 Å².